The molecule has 2 aromatic carbocycles. The van der Waals surface area contributed by atoms with Crippen LogP contribution in [0.3, 0.4) is 0 Å². The molecule has 3 rings (SSSR count). The molecule has 156 valence electrons. The summed E-state index contributed by atoms with van der Waals surface area (Å²) in [6.07, 6.45) is 2.51. The quantitative estimate of drug-likeness (QED) is 0.430. The van der Waals surface area contributed by atoms with Crippen LogP contribution in [0.15, 0.2) is 41.4 Å². The fraction of sp³-hybridized carbons (Fsp3) is 0.292. The first kappa shape index (κ1) is 21.7. The predicted octanol–water partition coefficient (Wildman–Crippen LogP) is 5.04. The van der Waals surface area contributed by atoms with Crippen LogP contribution in [-0.2, 0) is 6.42 Å². The van der Waals surface area contributed by atoms with Crippen molar-refractivity contribution < 1.29 is 4.79 Å². The van der Waals surface area contributed by atoms with Gasteiger partial charge in [-0.3, -0.25) is 4.79 Å². The van der Waals surface area contributed by atoms with Crippen molar-refractivity contribution in [3.63, 3.8) is 0 Å². The zero-order valence-electron chi connectivity index (χ0n) is 18.2. The van der Waals surface area contributed by atoms with E-state index in [9.17, 15) is 4.79 Å². The van der Waals surface area contributed by atoms with Crippen LogP contribution in [-0.4, -0.2) is 35.7 Å². The monoisotopic (exact) mass is 420 g/mol. The number of benzene rings is 2. The van der Waals surface area contributed by atoms with E-state index in [0.29, 0.717) is 17.0 Å². The Morgan fingerprint density at radius 3 is 2.50 bits per heavy atom. The summed E-state index contributed by atoms with van der Waals surface area (Å²) in [4.78, 5) is 23.9. The van der Waals surface area contributed by atoms with Crippen molar-refractivity contribution in [3.8, 4) is 11.3 Å². The number of nitrogens with two attached hydrogens (primary N) is 1. The fourth-order valence-electron chi connectivity index (χ4n) is 3.11. The topological polar surface area (TPSA) is 71.6 Å². The third kappa shape index (κ3) is 4.94. The van der Waals surface area contributed by atoms with Crippen molar-refractivity contribution in [2.75, 3.05) is 13.6 Å². The van der Waals surface area contributed by atoms with Gasteiger partial charge in [0.05, 0.1) is 22.7 Å². The lowest BCUT2D eigenvalue weighted by Gasteiger charge is -2.11. The second-order valence-electron chi connectivity index (χ2n) is 7.58. The first-order chi connectivity index (χ1) is 14.3. The van der Waals surface area contributed by atoms with Gasteiger partial charge in [-0.2, -0.15) is 0 Å². The highest BCUT2D eigenvalue weighted by atomic mass is 32.1. The van der Waals surface area contributed by atoms with Crippen LogP contribution in [0.25, 0.3) is 11.3 Å². The number of aryl methyl sites for hydroxylation is 3. The highest BCUT2D eigenvalue weighted by molar-refractivity contribution is 7.14. The zero-order chi connectivity index (χ0) is 21.8. The molecule has 0 atom stereocenters. The van der Waals surface area contributed by atoms with Crippen molar-refractivity contribution in [1.82, 2.24) is 9.88 Å². The highest BCUT2D eigenvalue weighted by Crippen LogP contribution is 2.31. The van der Waals surface area contributed by atoms with Gasteiger partial charge in [0.25, 0.3) is 5.91 Å². The maximum atomic E-state index is 12.0. The van der Waals surface area contributed by atoms with Crippen LogP contribution in [0.1, 0.15) is 43.9 Å². The summed E-state index contributed by atoms with van der Waals surface area (Å²) in [7, 11) is 2.00. The average Bonchev–Trinajstić information content (AvgIpc) is 3.14. The lowest BCUT2D eigenvalue weighted by atomic mass is 10.0. The Kier molecular flexibility index (Phi) is 6.67. The van der Waals surface area contributed by atoms with E-state index in [4.69, 9.17) is 10.7 Å². The number of nitrogens with zero attached hydrogens (tertiary/aromatic N) is 3. The van der Waals surface area contributed by atoms with Crippen LogP contribution in [0.4, 0.5) is 5.69 Å². The Bertz CT molecular complexity index is 1080. The van der Waals surface area contributed by atoms with Crippen LogP contribution in [0, 0.1) is 20.8 Å². The molecule has 2 N–H and O–H groups in total. The standard InChI is InChI=1S/C24H28N4OS/c1-6-28(5)14-26-20-12-16(3)19(11-17(20)4)13-21-27-22(23(30-21)24(25)29)18-9-7-15(2)8-10-18/h7-12,14H,6,13H2,1-5H3,(H2,25,29). The number of rotatable bonds is 7. The summed E-state index contributed by atoms with van der Waals surface area (Å²) in [6, 6.07) is 12.3. The zero-order valence-corrected chi connectivity index (χ0v) is 19.0. The minimum atomic E-state index is -0.438. The van der Waals surface area contributed by atoms with Gasteiger partial charge in [-0.1, -0.05) is 35.9 Å². The summed E-state index contributed by atoms with van der Waals surface area (Å²) < 4.78 is 0. The smallest absolute Gasteiger partial charge is 0.261 e. The third-order valence-electron chi connectivity index (χ3n) is 5.11. The highest BCUT2D eigenvalue weighted by Gasteiger charge is 2.18. The largest absolute Gasteiger partial charge is 0.366 e. The SMILES string of the molecule is CCN(C)C=Nc1cc(C)c(Cc2nc(-c3ccc(C)cc3)c(C(N)=O)s2)cc1C. The van der Waals surface area contributed by atoms with Crippen LogP contribution >= 0.6 is 11.3 Å². The first-order valence-electron chi connectivity index (χ1n) is 9.99. The van der Waals surface area contributed by atoms with Gasteiger partial charge >= 0.3 is 0 Å². The van der Waals surface area contributed by atoms with E-state index in [1.807, 2.05) is 49.5 Å². The van der Waals surface area contributed by atoms with E-state index in [2.05, 4.69) is 37.9 Å². The van der Waals surface area contributed by atoms with E-state index in [1.54, 1.807) is 0 Å². The van der Waals surface area contributed by atoms with Crippen LogP contribution in [0.5, 0.6) is 0 Å². The minimum Gasteiger partial charge on any atom is -0.366 e. The molecule has 5 nitrogen and oxygen atoms in total. The molecule has 0 radical (unpaired) electrons. The van der Waals surface area contributed by atoms with Gasteiger partial charge in [-0.25, -0.2) is 9.98 Å². The normalized spacial score (nSPS) is 11.2. The van der Waals surface area contributed by atoms with Crippen molar-refractivity contribution >= 4 is 29.3 Å². The molecule has 0 unspecified atom stereocenters. The van der Waals surface area contributed by atoms with Gasteiger partial charge in [0.1, 0.15) is 4.88 Å². The number of primary amides is 1. The number of aliphatic imine (C=N–C) groups is 1. The predicted molar refractivity (Wildman–Crippen MR) is 126 cm³/mol. The van der Waals surface area contributed by atoms with Crippen LogP contribution in [0.2, 0.25) is 0 Å². The molecular formula is C24H28N4OS. The molecule has 1 aromatic heterocycles. The molecule has 1 heterocycles. The molecule has 30 heavy (non-hydrogen) atoms. The Morgan fingerprint density at radius 2 is 1.87 bits per heavy atom. The lowest BCUT2D eigenvalue weighted by Crippen LogP contribution is -2.14. The summed E-state index contributed by atoms with van der Waals surface area (Å²) in [5.74, 6) is -0.438. The molecule has 0 saturated heterocycles. The molecule has 1 amide bonds. The molecule has 0 aliphatic carbocycles. The van der Waals surface area contributed by atoms with Crippen molar-refractivity contribution in [2.24, 2.45) is 10.7 Å². The van der Waals surface area contributed by atoms with Crippen molar-refractivity contribution in [3.05, 3.63) is 68.5 Å². The lowest BCUT2D eigenvalue weighted by molar-refractivity contribution is 0.100. The van der Waals surface area contributed by atoms with Gasteiger partial charge in [-0.05, 0) is 50.5 Å². The molecule has 0 aliphatic heterocycles. The Labute approximate surface area is 182 Å². The molecule has 0 fully saturated rings. The number of carbonyl (C=O) groups is 1. The Morgan fingerprint density at radius 1 is 1.17 bits per heavy atom. The summed E-state index contributed by atoms with van der Waals surface area (Å²) >= 11 is 1.38. The first-order valence-corrected chi connectivity index (χ1v) is 10.8. The second kappa shape index (κ2) is 9.22. The number of hydrogen-bond acceptors (Lipinski definition) is 4. The van der Waals surface area contributed by atoms with Crippen molar-refractivity contribution in [2.45, 2.75) is 34.1 Å². The second-order valence-corrected chi connectivity index (χ2v) is 8.66. The van der Waals surface area contributed by atoms with E-state index < -0.39 is 5.91 Å². The van der Waals surface area contributed by atoms with E-state index in [1.165, 1.54) is 16.9 Å². The number of amides is 1. The minimum absolute atomic E-state index is 0.438. The average molecular weight is 421 g/mol. The van der Waals surface area contributed by atoms with Gasteiger partial charge in [0.2, 0.25) is 0 Å². The number of carbonyl (C=O) groups excluding carboxylic acids is 1. The van der Waals surface area contributed by atoms with Gasteiger partial charge in [-0.15, -0.1) is 11.3 Å². The van der Waals surface area contributed by atoms with E-state index >= 15 is 0 Å². The molecule has 0 spiro atoms. The van der Waals surface area contributed by atoms with Crippen molar-refractivity contribution in [1.29, 1.82) is 0 Å². The van der Waals surface area contributed by atoms with Gasteiger partial charge < -0.3 is 10.6 Å². The third-order valence-corrected chi connectivity index (χ3v) is 6.18. The van der Waals surface area contributed by atoms with E-state index in [-0.39, 0.29) is 0 Å². The van der Waals surface area contributed by atoms with Gasteiger partial charge in [0, 0.05) is 25.6 Å². The molecule has 0 bridgehead atoms. The molecular weight excluding hydrogens is 392 g/mol. The fourth-order valence-corrected chi connectivity index (χ4v) is 4.07. The maximum Gasteiger partial charge on any atom is 0.261 e. The number of aromatic nitrogens is 1. The number of thiazole rings is 1. The Hall–Kier alpha value is -2.99. The molecule has 6 heteroatoms. The van der Waals surface area contributed by atoms with Gasteiger partial charge in [0.15, 0.2) is 0 Å². The van der Waals surface area contributed by atoms with Crippen LogP contribution < -0.4 is 5.73 Å². The number of hydrogen-bond donors (Lipinski definition) is 1. The molecule has 3 aromatic rings. The molecule has 0 aliphatic rings. The Balaban J connectivity index is 1.92. The molecule has 0 saturated carbocycles. The summed E-state index contributed by atoms with van der Waals surface area (Å²) in [5, 5.41) is 0.879. The summed E-state index contributed by atoms with van der Waals surface area (Å²) in [6.45, 7) is 9.18. The maximum absolute atomic E-state index is 12.0. The van der Waals surface area contributed by atoms with E-state index in [0.717, 1.165) is 39.5 Å². The summed E-state index contributed by atoms with van der Waals surface area (Å²) in [5.41, 5.74) is 12.8.